The van der Waals surface area contributed by atoms with Crippen molar-refractivity contribution in [2.24, 2.45) is 5.73 Å². The van der Waals surface area contributed by atoms with Gasteiger partial charge in [0, 0.05) is 12.5 Å². The summed E-state index contributed by atoms with van der Waals surface area (Å²) >= 11 is 0. The maximum Gasteiger partial charge on any atom is 0.110 e. The highest BCUT2D eigenvalue weighted by Crippen LogP contribution is 2.24. The van der Waals surface area contributed by atoms with Crippen molar-refractivity contribution < 1.29 is 0 Å². The van der Waals surface area contributed by atoms with Crippen LogP contribution in [0.3, 0.4) is 0 Å². The Bertz CT molecular complexity index is 552. The molecule has 0 fully saturated rings. The van der Waals surface area contributed by atoms with Gasteiger partial charge in [-0.2, -0.15) is 0 Å². The summed E-state index contributed by atoms with van der Waals surface area (Å²) in [5.41, 5.74) is 10.6. The standard InChI is InChI=1S/C15H23N3/c1-10(2)18-14-9-12(4)11(3)8-13(14)17-15(18)6-5-7-16/h8-10H,5-7,16H2,1-4H3. The van der Waals surface area contributed by atoms with Crippen molar-refractivity contribution >= 4 is 11.0 Å². The molecule has 0 aliphatic rings. The van der Waals surface area contributed by atoms with Gasteiger partial charge in [-0.05, 0) is 63.9 Å². The van der Waals surface area contributed by atoms with Crippen LogP contribution in [0.2, 0.25) is 0 Å². The molecule has 2 aromatic rings. The normalized spacial score (nSPS) is 11.7. The molecule has 0 aliphatic heterocycles. The SMILES string of the molecule is Cc1cc2nc(CCCN)n(C(C)C)c2cc1C. The predicted octanol–water partition coefficient (Wildman–Crippen LogP) is 3.13. The van der Waals surface area contributed by atoms with Crippen molar-refractivity contribution in [1.29, 1.82) is 0 Å². The number of rotatable bonds is 4. The van der Waals surface area contributed by atoms with Crippen molar-refractivity contribution in [3.8, 4) is 0 Å². The van der Waals surface area contributed by atoms with Crippen LogP contribution in [0.1, 0.15) is 43.3 Å². The molecule has 2 rings (SSSR count). The number of nitrogens with zero attached hydrogens (tertiary/aromatic N) is 2. The summed E-state index contributed by atoms with van der Waals surface area (Å²) in [5.74, 6) is 1.16. The molecule has 0 unspecified atom stereocenters. The smallest absolute Gasteiger partial charge is 0.110 e. The van der Waals surface area contributed by atoms with E-state index in [0.717, 1.165) is 30.7 Å². The molecule has 0 atom stereocenters. The van der Waals surface area contributed by atoms with Crippen molar-refractivity contribution in [3.63, 3.8) is 0 Å². The molecule has 1 aromatic carbocycles. The van der Waals surface area contributed by atoms with Gasteiger partial charge in [0.1, 0.15) is 5.82 Å². The Hall–Kier alpha value is -1.35. The van der Waals surface area contributed by atoms with Crippen LogP contribution in [0.15, 0.2) is 12.1 Å². The van der Waals surface area contributed by atoms with E-state index in [9.17, 15) is 0 Å². The number of fused-ring (bicyclic) bond motifs is 1. The van der Waals surface area contributed by atoms with Crippen LogP contribution >= 0.6 is 0 Å². The van der Waals surface area contributed by atoms with E-state index in [0.29, 0.717) is 6.04 Å². The van der Waals surface area contributed by atoms with Crippen LogP contribution in [0.5, 0.6) is 0 Å². The first kappa shape index (κ1) is 13.1. The summed E-state index contributed by atoms with van der Waals surface area (Å²) in [6, 6.07) is 4.88. The first-order valence-electron chi connectivity index (χ1n) is 6.72. The van der Waals surface area contributed by atoms with Gasteiger partial charge in [0.25, 0.3) is 0 Å². The van der Waals surface area contributed by atoms with E-state index in [1.807, 2.05) is 0 Å². The molecule has 2 N–H and O–H groups in total. The Morgan fingerprint density at radius 1 is 1.22 bits per heavy atom. The summed E-state index contributed by atoms with van der Waals surface area (Å²) < 4.78 is 2.34. The van der Waals surface area contributed by atoms with Crippen LogP contribution < -0.4 is 5.73 Å². The fourth-order valence-corrected chi connectivity index (χ4v) is 2.41. The lowest BCUT2D eigenvalue weighted by Gasteiger charge is -2.13. The van der Waals surface area contributed by atoms with E-state index in [2.05, 4.69) is 44.4 Å². The second-order valence-corrected chi connectivity index (χ2v) is 5.31. The molecule has 0 saturated heterocycles. The van der Waals surface area contributed by atoms with Gasteiger partial charge in [-0.3, -0.25) is 0 Å². The molecule has 0 spiro atoms. The van der Waals surface area contributed by atoms with E-state index in [1.165, 1.54) is 16.6 Å². The number of hydrogen-bond acceptors (Lipinski definition) is 2. The minimum absolute atomic E-state index is 0.435. The average molecular weight is 245 g/mol. The number of imidazole rings is 1. The minimum atomic E-state index is 0.435. The largest absolute Gasteiger partial charge is 0.330 e. The zero-order valence-electron chi connectivity index (χ0n) is 11.8. The van der Waals surface area contributed by atoms with E-state index < -0.39 is 0 Å². The van der Waals surface area contributed by atoms with Gasteiger partial charge in [-0.15, -0.1) is 0 Å². The lowest BCUT2D eigenvalue weighted by atomic mass is 10.1. The topological polar surface area (TPSA) is 43.8 Å². The van der Waals surface area contributed by atoms with E-state index in [1.54, 1.807) is 0 Å². The Kier molecular flexibility index (Phi) is 3.71. The quantitative estimate of drug-likeness (QED) is 0.899. The minimum Gasteiger partial charge on any atom is -0.330 e. The fraction of sp³-hybridized carbons (Fsp3) is 0.533. The van der Waals surface area contributed by atoms with E-state index >= 15 is 0 Å². The molecule has 3 heteroatoms. The van der Waals surface area contributed by atoms with Crippen LogP contribution in [0.25, 0.3) is 11.0 Å². The first-order valence-corrected chi connectivity index (χ1v) is 6.72. The monoisotopic (exact) mass is 245 g/mol. The molecule has 1 heterocycles. The van der Waals surface area contributed by atoms with E-state index in [4.69, 9.17) is 10.7 Å². The maximum absolute atomic E-state index is 5.61. The fourth-order valence-electron chi connectivity index (χ4n) is 2.41. The molecule has 0 bridgehead atoms. The van der Waals surface area contributed by atoms with Crippen molar-refractivity contribution in [1.82, 2.24) is 9.55 Å². The van der Waals surface area contributed by atoms with E-state index in [-0.39, 0.29) is 0 Å². The molecular formula is C15H23N3. The van der Waals surface area contributed by atoms with Gasteiger partial charge in [-0.25, -0.2) is 4.98 Å². The summed E-state index contributed by atoms with van der Waals surface area (Å²) in [6.45, 7) is 9.44. The summed E-state index contributed by atoms with van der Waals surface area (Å²) in [4.78, 5) is 4.78. The summed E-state index contributed by atoms with van der Waals surface area (Å²) in [6.07, 6.45) is 1.95. The Morgan fingerprint density at radius 3 is 2.50 bits per heavy atom. The number of aromatic nitrogens is 2. The summed E-state index contributed by atoms with van der Waals surface area (Å²) in [5, 5.41) is 0. The molecule has 0 radical (unpaired) electrons. The van der Waals surface area contributed by atoms with Gasteiger partial charge in [0.05, 0.1) is 11.0 Å². The van der Waals surface area contributed by atoms with Crippen LogP contribution in [-0.4, -0.2) is 16.1 Å². The molecular weight excluding hydrogens is 222 g/mol. The lowest BCUT2D eigenvalue weighted by molar-refractivity contribution is 0.576. The van der Waals surface area contributed by atoms with Crippen LogP contribution in [0, 0.1) is 13.8 Å². The van der Waals surface area contributed by atoms with Gasteiger partial charge in [-0.1, -0.05) is 0 Å². The van der Waals surface area contributed by atoms with Crippen LogP contribution in [0.4, 0.5) is 0 Å². The van der Waals surface area contributed by atoms with Crippen LogP contribution in [-0.2, 0) is 6.42 Å². The molecule has 0 aliphatic carbocycles. The molecule has 0 saturated carbocycles. The Morgan fingerprint density at radius 2 is 1.89 bits per heavy atom. The first-order chi connectivity index (χ1) is 8.54. The van der Waals surface area contributed by atoms with Crippen molar-refractivity contribution in [2.45, 2.75) is 46.6 Å². The molecule has 98 valence electrons. The van der Waals surface area contributed by atoms with Gasteiger partial charge >= 0.3 is 0 Å². The molecule has 18 heavy (non-hydrogen) atoms. The number of aryl methyl sites for hydroxylation is 3. The zero-order chi connectivity index (χ0) is 13.3. The molecule has 3 nitrogen and oxygen atoms in total. The Labute approximate surface area is 109 Å². The summed E-state index contributed by atoms with van der Waals surface area (Å²) in [7, 11) is 0. The van der Waals surface area contributed by atoms with Gasteiger partial charge < -0.3 is 10.3 Å². The lowest BCUT2D eigenvalue weighted by Crippen LogP contribution is -2.09. The third kappa shape index (κ3) is 2.27. The van der Waals surface area contributed by atoms with Crippen molar-refractivity contribution in [2.75, 3.05) is 6.54 Å². The Balaban J connectivity index is 2.60. The number of nitrogens with two attached hydrogens (primary N) is 1. The van der Waals surface area contributed by atoms with Gasteiger partial charge in [0.2, 0.25) is 0 Å². The predicted molar refractivity (Wildman–Crippen MR) is 77.0 cm³/mol. The molecule has 1 aromatic heterocycles. The number of benzene rings is 1. The highest BCUT2D eigenvalue weighted by molar-refractivity contribution is 5.78. The molecule has 0 amide bonds. The average Bonchev–Trinajstić information content (AvgIpc) is 2.64. The second-order valence-electron chi connectivity index (χ2n) is 5.31. The van der Waals surface area contributed by atoms with Gasteiger partial charge in [0.15, 0.2) is 0 Å². The highest BCUT2D eigenvalue weighted by atomic mass is 15.1. The number of hydrogen-bond donors (Lipinski definition) is 1. The zero-order valence-corrected chi connectivity index (χ0v) is 11.8. The van der Waals surface area contributed by atoms with Crippen molar-refractivity contribution in [3.05, 3.63) is 29.1 Å². The third-order valence-electron chi connectivity index (χ3n) is 3.50. The maximum atomic E-state index is 5.61. The second kappa shape index (κ2) is 5.11. The highest BCUT2D eigenvalue weighted by Gasteiger charge is 2.13. The third-order valence-corrected chi connectivity index (χ3v) is 3.50.